The lowest BCUT2D eigenvalue weighted by molar-refractivity contribution is 0.0600. The number of fused-ring (bicyclic) bond motifs is 1. The number of rotatable bonds is 4. The van der Waals surface area contributed by atoms with Crippen molar-refractivity contribution >= 4 is 28.5 Å². The van der Waals surface area contributed by atoms with E-state index in [0.717, 1.165) is 6.07 Å². The minimum Gasteiger partial charge on any atom is -0.497 e. The molecule has 0 bridgehead atoms. The minimum absolute atomic E-state index is 0.132. The zero-order valence-corrected chi connectivity index (χ0v) is 14.1. The Morgan fingerprint density at radius 1 is 1.00 bits per heavy atom. The zero-order valence-electron chi connectivity index (χ0n) is 14.1. The first-order valence-electron chi connectivity index (χ1n) is 7.63. The van der Waals surface area contributed by atoms with Crippen molar-refractivity contribution in [3.63, 3.8) is 0 Å². The molecule has 0 aliphatic carbocycles. The van der Waals surface area contributed by atoms with E-state index in [-0.39, 0.29) is 16.8 Å². The summed E-state index contributed by atoms with van der Waals surface area (Å²) < 4.78 is 15.2. The molecule has 0 spiro atoms. The molecular formula is C19H15NO6. The summed E-state index contributed by atoms with van der Waals surface area (Å²) in [6.07, 6.45) is 0. The number of hydrogen-bond acceptors (Lipinski definition) is 6. The molecular weight excluding hydrogens is 338 g/mol. The molecule has 0 aliphatic heterocycles. The SMILES string of the molecule is COC(=O)c1ccc(NC(=O)c2cc(=O)c3ccc(OC)cc3o2)cc1. The van der Waals surface area contributed by atoms with Gasteiger partial charge in [0.2, 0.25) is 0 Å². The van der Waals surface area contributed by atoms with Gasteiger partial charge in [-0.2, -0.15) is 0 Å². The Hall–Kier alpha value is -3.61. The highest BCUT2D eigenvalue weighted by molar-refractivity contribution is 6.03. The van der Waals surface area contributed by atoms with Crippen molar-refractivity contribution in [3.05, 3.63) is 70.1 Å². The number of carbonyl (C=O) groups excluding carboxylic acids is 2. The van der Waals surface area contributed by atoms with Gasteiger partial charge >= 0.3 is 5.97 Å². The molecule has 3 aromatic rings. The van der Waals surface area contributed by atoms with E-state index in [4.69, 9.17) is 9.15 Å². The van der Waals surface area contributed by atoms with E-state index in [0.29, 0.717) is 22.4 Å². The Morgan fingerprint density at radius 2 is 1.73 bits per heavy atom. The number of ether oxygens (including phenoxy) is 2. The van der Waals surface area contributed by atoms with Gasteiger partial charge in [0, 0.05) is 17.8 Å². The Bertz CT molecular complexity index is 1040. The van der Waals surface area contributed by atoms with E-state index in [2.05, 4.69) is 10.1 Å². The quantitative estimate of drug-likeness (QED) is 0.725. The normalized spacial score (nSPS) is 10.4. The van der Waals surface area contributed by atoms with Gasteiger partial charge in [0.05, 0.1) is 25.2 Å². The molecule has 1 aromatic heterocycles. The molecule has 26 heavy (non-hydrogen) atoms. The van der Waals surface area contributed by atoms with E-state index < -0.39 is 11.9 Å². The highest BCUT2D eigenvalue weighted by atomic mass is 16.5. The van der Waals surface area contributed by atoms with Crippen molar-refractivity contribution in [3.8, 4) is 5.75 Å². The third-order valence-electron chi connectivity index (χ3n) is 3.72. The molecule has 0 unspecified atom stereocenters. The zero-order chi connectivity index (χ0) is 18.7. The first-order valence-corrected chi connectivity index (χ1v) is 7.63. The largest absolute Gasteiger partial charge is 0.497 e. The second-order valence-electron chi connectivity index (χ2n) is 5.36. The summed E-state index contributed by atoms with van der Waals surface area (Å²) in [5.41, 5.74) is 0.717. The molecule has 0 fully saturated rings. The lowest BCUT2D eigenvalue weighted by Crippen LogP contribution is -2.15. The molecule has 0 saturated carbocycles. The van der Waals surface area contributed by atoms with Crippen LogP contribution in [0.2, 0.25) is 0 Å². The maximum absolute atomic E-state index is 12.4. The van der Waals surface area contributed by atoms with Crippen LogP contribution in [0, 0.1) is 0 Å². The van der Waals surface area contributed by atoms with Crippen molar-refractivity contribution in [2.24, 2.45) is 0 Å². The van der Waals surface area contributed by atoms with Crippen LogP contribution in [0.5, 0.6) is 5.75 Å². The minimum atomic E-state index is -0.586. The number of amides is 1. The molecule has 0 aliphatic rings. The van der Waals surface area contributed by atoms with Crippen LogP contribution >= 0.6 is 0 Å². The monoisotopic (exact) mass is 353 g/mol. The maximum Gasteiger partial charge on any atom is 0.337 e. The average Bonchev–Trinajstić information content (AvgIpc) is 2.67. The second-order valence-corrected chi connectivity index (χ2v) is 5.36. The fourth-order valence-electron chi connectivity index (χ4n) is 2.37. The molecule has 7 nitrogen and oxygen atoms in total. The first kappa shape index (κ1) is 17.2. The summed E-state index contributed by atoms with van der Waals surface area (Å²) in [6.45, 7) is 0. The van der Waals surface area contributed by atoms with E-state index in [1.807, 2.05) is 0 Å². The molecule has 132 valence electrons. The Kier molecular flexibility index (Phi) is 4.70. The van der Waals surface area contributed by atoms with Crippen LogP contribution in [0.15, 0.2) is 57.7 Å². The molecule has 0 saturated heterocycles. The van der Waals surface area contributed by atoms with Crippen molar-refractivity contribution in [1.29, 1.82) is 0 Å². The molecule has 0 radical (unpaired) electrons. The van der Waals surface area contributed by atoms with Crippen LogP contribution in [0.25, 0.3) is 11.0 Å². The van der Waals surface area contributed by atoms with Gasteiger partial charge in [-0.05, 0) is 36.4 Å². The standard InChI is InChI=1S/C19H15NO6/c1-24-13-7-8-14-15(21)10-17(26-16(14)9-13)18(22)20-12-5-3-11(4-6-12)19(23)25-2/h3-10H,1-2H3,(H,20,22). The fourth-order valence-corrected chi connectivity index (χ4v) is 2.37. The van der Waals surface area contributed by atoms with Gasteiger partial charge in [-0.3, -0.25) is 9.59 Å². The van der Waals surface area contributed by atoms with Crippen LogP contribution in [-0.4, -0.2) is 26.1 Å². The molecule has 7 heteroatoms. The smallest absolute Gasteiger partial charge is 0.337 e. The molecule has 0 atom stereocenters. The molecule has 1 N–H and O–H groups in total. The number of hydrogen-bond donors (Lipinski definition) is 1. The van der Waals surface area contributed by atoms with E-state index in [1.165, 1.54) is 26.4 Å². The summed E-state index contributed by atoms with van der Waals surface area (Å²) in [4.78, 5) is 36.0. The van der Waals surface area contributed by atoms with Crippen LogP contribution < -0.4 is 15.5 Å². The van der Waals surface area contributed by atoms with Crippen LogP contribution in [0.4, 0.5) is 5.69 Å². The van der Waals surface area contributed by atoms with Gasteiger partial charge in [0.1, 0.15) is 11.3 Å². The molecule has 1 heterocycles. The van der Waals surface area contributed by atoms with Crippen molar-refractivity contribution < 1.29 is 23.5 Å². The summed E-state index contributed by atoms with van der Waals surface area (Å²) in [5, 5.41) is 2.96. The van der Waals surface area contributed by atoms with Crippen LogP contribution in [0.3, 0.4) is 0 Å². The van der Waals surface area contributed by atoms with Gasteiger partial charge in [0.25, 0.3) is 5.91 Å². The number of carbonyl (C=O) groups is 2. The summed E-state index contributed by atoms with van der Waals surface area (Å²) >= 11 is 0. The molecule has 2 aromatic carbocycles. The van der Waals surface area contributed by atoms with Gasteiger partial charge in [-0.1, -0.05) is 0 Å². The first-order chi connectivity index (χ1) is 12.5. The Balaban J connectivity index is 1.87. The predicted octanol–water partition coefficient (Wildman–Crippen LogP) is 2.84. The Labute approximate surface area is 148 Å². The Morgan fingerprint density at radius 3 is 2.38 bits per heavy atom. The summed E-state index contributed by atoms with van der Waals surface area (Å²) in [5.74, 6) is -0.681. The van der Waals surface area contributed by atoms with Crippen LogP contribution in [-0.2, 0) is 4.74 Å². The lowest BCUT2D eigenvalue weighted by Gasteiger charge is -2.07. The number of benzene rings is 2. The topological polar surface area (TPSA) is 94.8 Å². The highest BCUT2D eigenvalue weighted by Gasteiger charge is 2.14. The van der Waals surface area contributed by atoms with E-state index in [9.17, 15) is 14.4 Å². The predicted molar refractivity (Wildman–Crippen MR) is 94.8 cm³/mol. The number of nitrogens with one attached hydrogen (secondary N) is 1. The third-order valence-corrected chi connectivity index (χ3v) is 3.72. The van der Waals surface area contributed by atoms with E-state index >= 15 is 0 Å². The molecule has 3 rings (SSSR count). The van der Waals surface area contributed by atoms with Crippen LogP contribution in [0.1, 0.15) is 20.9 Å². The van der Waals surface area contributed by atoms with Crippen molar-refractivity contribution in [2.45, 2.75) is 0 Å². The average molecular weight is 353 g/mol. The number of methoxy groups -OCH3 is 2. The summed E-state index contributed by atoms with van der Waals surface area (Å²) in [7, 11) is 2.78. The van der Waals surface area contributed by atoms with Crippen molar-refractivity contribution in [1.82, 2.24) is 0 Å². The van der Waals surface area contributed by atoms with Gasteiger partial charge in [-0.15, -0.1) is 0 Å². The second kappa shape index (κ2) is 7.10. The third kappa shape index (κ3) is 3.41. The highest BCUT2D eigenvalue weighted by Crippen LogP contribution is 2.20. The fraction of sp³-hybridized carbons (Fsp3) is 0.105. The van der Waals surface area contributed by atoms with E-state index in [1.54, 1.807) is 30.3 Å². The van der Waals surface area contributed by atoms with Gasteiger partial charge in [-0.25, -0.2) is 4.79 Å². The van der Waals surface area contributed by atoms with Gasteiger partial charge < -0.3 is 19.2 Å². The summed E-state index contributed by atoms with van der Waals surface area (Å²) in [6, 6.07) is 12.0. The van der Waals surface area contributed by atoms with Gasteiger partial charge in [0.15, 0.2) is 11.2 Å². The lowest BCUT2D eigenvalue weighted by atomic mass is 10.2. The number of esters is 1. The maximum atomic E-state index is 12.4. The molecule has 1 amide bonds. The van der Waals surface area contributed by atoms with Crippen molar-refractivity contribution in [2.75, 3.05) is 19.5 Å². The number of anilines is 1.